The highest BCUT2D eigenvalue weighted by molar-refractivity contribution is 6.07. The van der Waals surface area contributed by atoms with Crippen molar-refractivity contribution in [2.75, 3.05) is 9.80 Å². The van der Waals surface area contributed by atoms with Crippen LogP contribution >= 0.6 is 0 Å². The van der Waals surface area contributed by atoms with Crippen molar-refractivity contribution in [1.82, 2.24) is 0 Å². The lowest BCUT2D eigenvalue weighted by Gasteiger charge is -2.46. The normalized spacial score (nSPS) is 13.1. The molecule has 264 valence electrons. The van der Waals surface area contributed by atoms with Gasteiger partial charge < -0.3 is 14.2 Å². The highest BCUT2D eigenvalue weighted by Crippen LogP contribution is 2.59. The SMILES string of the molecule is c1ccc(N(c2ccccc2)c2cccc(N3c4ccccc4C(c4ccc5ccccc5c4)(c4cccc5c4oc4ccccc45)c4ccccc43)c2)cc1. The fourth-order valence-electron chi connectivity index (χ4n) is 9.12. The molecule has 1 aliphatic rings. The average Bonchev–Trinajstić information content (AvgIpc) is 3.66. The molecule has 56 heavy (non-hydrogen) atoms. The van der Waals surface area contributed by atoms with Gasteiger partial charge in [-0.1, -0.05) is 152 Å². The van der Waals surface area contributed by atoms with Gasteiger partial charge in [0.05, 0.1) is 16.8 Å². The van der Waals surface area contributed by atoms with Crippen molar-refractivity contribution in [2.24, 2.45) is 0 Å². The van der Waals surface area contributed by atoms with E-state index in [-0.39, 0.29) is 0 Å². The van der Waals surface area contributed by atoms with Crippen LogP contribution in [0.1, 0.15) is 22.3 Å². The molecule has 0 N–H and O–H groups in total. The lowest BCUT2D eigenvalue weighted by molar-refractivity contribution is 0.643. The zero-order valence-electron chi connectivity index (χ0n) is 30.6. The second kappa shape index (κ2) is 12.9. The number of furan rings is 1. The molecule has 2 heterocycles. The predicted molar refractivity (Wildman–Crippen MR) is 232 cm³/mol. The molecule has 3 nitrogen and oxygen atoms in total. The summed E-state index contributed by atoms with van der Waals surface area (Å²) < 4.78 is 6.92. The van der Waals surface area contributed by atoms with Crippen molar-refractivity contribution < 1.29 is 4.42 Å². The lowest BCUT2D eigenvalue weighted by Crippen LogP contribution is -2.37. The van der Waals surface area contributed by atoms with Crippen molar-refractivity contribution in [3.63, 3.8) is 0 Å². The Labute approximate surface area is 325 Å². The van der Waals surface area contributed by atoms with Crippen LogP contribution in [0.5, 0.6) is 0 Å². The van der Waals surface area contributed by atoms with Gasteiger partial charge in [0.1, 0.15) is 11.2 Å². The van der Waals surface area contributed by atoms with Crippen LogP contribution < -0.4 is 9.80 Å². The van der Waals surface area contributed by atoms with Gasteiger partial charge in [0.15, 0.2) is 0 Å². The van der Waals surface area contributed by atoms with Crippen molar-refractivity contribution >= 4 is 66.8 Å². The Bertz CT molecular complexity index is 2970. The van der Waals surface area contributed by atoms with Gasteiger partial charge in [-0.25, -0.2) is 0 Å². The smallest absolute Gasteiger partial charge is 0.140 e. The van der Waals surface area contributed by atoms with Crippen LogP contribution in [0, 0.1) is 0 Å². The number of para-hydroxylation sites is 6. The number of rotatable bonds is 6. The average molecular weight is 717 g/mol. The van der Waals surface area contributed by atoms with Crippen molar-refractivity contribution in [1.29, 1.82) is 0 Å². The van der Waals surface area contributed by atoms with E-state index in [2.05, 4.69) is 228 Å². The van der Waals surface area contributed by atoms with E-state index in [1.165, 1.54) is 27.5 Å². The summed E-state index contributed by atoms with van der Waals surface area (Å²) in [6.07, 6.45) is 0. The maximum Gasteiger partial charge on any atom is 0.140 e. The molecule has 0 radical (unpaired) electrons. The first kappa shape index (κ1) is 32.1. The third-order valence-electron chi connectivity index (χ3n) is 11.5. The zero-order valence-corrected chi connectivity index (χ0v) is 30.6. The molecule has 0 saturated carbocycles. The summed E-state index contributed by atoms with van der Waals surface area (Å²) in [5.41, 5.74) is 12.4. The molecule has 0 atom stereocenters. The van der Waals surface area contributed by atoms with Gasteiger partial charge in [0.25, 0.3) is 0 Å². The largest absolute Gasteiger partial charge is 0.456 e. The van der Waals surface area contributed by atoms with Gasteiger partial charge in [0, 0.05) is 39.1 Å². The summed E-state index contributed by atoms with van der Waals surface area (Å²) in [6.45, 7) is 0. The van der Waals surface area contributed by atoms with E-state index in [0.717, 1.165) is 61.6 Å². The first-order valence-corrected chi connectivity index (χ1v) is 19.2. The maximum atomic E-state index is 6.92. The van der Waals surface area contributed by atoms with Gasteiger partial charge in [-0.05, 0) is 94.2 Å². The van der Waals surface area contributed by atoms with Crippen LogP contribution in [0.2, 0.25) is 0 Å². The van der Waals surface area contributed by atoms with E-state index in [0.29, 0.717) is 0 Å². The number of anilines is 6. The molecule has 10 aromatic rings. The van der Waals surface area contributed by atoms with Crippen LogP contribution in [-0.2, 0) is 5.41 Å². The summed E-state index contributed by atoms with van der Waals surface area (Å²) in [5, 5.41) is 4.65. The monoisotopic (exact) mass is 716 g/mol. The fraction of sp³-hybridized carbons (Fsp3) is 0.0189. The Balaban J connectivity index is 1.20. The minimum atomic E-state index is -0.723. The van der Waals surface area contributed by atoms with Gasteiger partial charge in [-0.15, -0.1) is 0 Å². The fourth-order valence-corrected chi connectivity index (χ4v) is 9.12. The summed E-state index contributed by atoms with van der Waals surface area (Å²) in [6, 6.07) is 78.7. The predicted octanol–water partition coefficient (Wildman–Crippen LogP) is 14.4. The lowest BCUT2D eigenvalue weighted by atomic mass is 9.62. The van der Waals surface area contributed by atoms with Gasteiger partial charge in [0.2, 0.25) is 0 Å². The second-order valence-electron chi connectivity index (χ2n) is 14.5. The molecule has 11 rings (SSSR count). The molecule has 3 heteroatoms. The number of hydrogen-bond donors (Lipinski definition) is 0. The molecule has 0 unspecified atom stereocenters. The molecular formula is C53H36N2O. The van der Waals surface area contributed by atoms with E-state index < -0.39 is 5.41 Å². The van der Waals surface area contributed by atoms with Gasteiger partial charge >= 0.3 is 0 Å². The number of fused-ring (bicyclic) bond motifs is 6. The molecular weight excluding hydrogens is 681 g/mol. The minimum absolute atomic E-state index is 0.723. The van der Waals surface area contributed by atoms with Crippen LogP contribution in [-0.4, -0.2) is 0 Å². The summed E-state index contributed by atoms with van der Waals surface area (Å²) in [7, 11) is 0. The Morgan fingerprint density at radius 3 is 1.68 bits per heavy atom. The maximum absolute atomic E-state index is 6.92. The van der Waals surface area contributed by atoms with Crippen LogP contribution in [0.25, 0.3) is 32.7 Å². The number of nitrogens with zero attached hydrogens (tertiary/aromatic N) is 2. The van der Waals surface area contributed by atoms with E-state index in [1.54, 1.807) is 0 Å². The Morgan fingerprint density at radius 1 is 0.393 bits per heavy atom. The van der Waals surface area contributed by atoms with Crippen LogP contribution in [0.3, 0.4) is 0 Å². The minimum Gasteiger partial charge on any atom is -0.456 e. The quantitative estimate of drug-likeness (QED) is 0.171. The third kappa shape index (κ3) is 4.84. The molecule has 1 aromatic heterocycles. The molecule has 0 saturated heterocycles. The summed E-state index contributed by atoms with van der Waals surface area (Å²) in [4.78, 5) is 4.77. The summed E-state index contributed by atoms with van der Waals surface area (Å²) >= 11 is 0. The Kier molecular flexibility index (Phi) is 7.39. The van der Waals surface area contributed by atoms with Gasteiger partial charge in [-0.2, -0.15) is 0 Å². The molecule has 0 fully saturated rings. The number of benzene rings is 9. The highest BCUT2D eigenvalue weighted by atomic mass is 16.3. The molecule has 1 aliphatic heterocycles. The second-order valence-corrected chi connectivity index (χ2v) is 14.5. The van der Waals surface area contributed by atoms with E-state index >= 15 is 0 Å². The van der Waals surface area contributed by atoms with Crippen molar-refractivity contribution in [3.8, 4) is 0 Å². The van der Waals surface area contributed by atoms with Crippen LogP contribution in [0.15, 0.2) is 223 Å². The Hall–Kier alpha value is -7.36. The third-order valence-corrected chi connectivity index (χ3v) is 11.5. The topological polar surface area (TPSA) is 19.6 Å². The number of hydrogen-bond acceptors (Lipinski definition) is 3. The standard InChI is InChI=1S/C53H36N2O/c1-3-19-40(20-4-1)54(41-21-5-2-6-22-41)42-23-15-24-43(36-42)55-49-30-12-10-27-46(49)53(47-28-11-13-31-50(47)55,39-34-33-37-17-7-8-18-38(37)35-39)48-29-16-26-45-44-25-9-14-32-51(44)56-52(45)48/h1-36H. The van der Waals surface area contributed by atoms with Crippen molar-refractivity contribution in [3.05, 3.63) is 241 Å². The molecule has 9 aromatic carbocycles. The zero-order chi connectivity index (χ0) is 37.1. The molecule has 0 aliphatic carbocycles. The van der Waals surface area contributed by atoms with E-state index in [1.807, 2.05) is 0 Å². The van der Waals surface area contributed by atoms with E-state index in [4.69, 9.17) is 4.42 Å². The summed E-state index contributed by atoms with van der Waals surface area (Å²) in [5.74, 6) is 0. The molecule has 0 bridgehead atoms. The van der Waals surface area contributed by atoms with E-state index in [9.17, 15) is 0 Å². The molecule has 0 spiro atoms. The van der Waals surface area contributed by atoms with Crippen molar-refractivity contribution in [2.45, 2.75) is 5.41 Å². The Morgan fingerprint density at radius 2 is 0.946 bits per heavy atom. The molecule has 0 amide bonds. The van der Waals surface area contributed by atoms with Gasteiger partial charge in [-0.3, -0.25) is 0 Å². The first-order chi connectivity index (χ1) is 27.8. The van der Waals surface area contributed by atoms with Crippen LogP contribution in [0.4, 0.5) is 34.1 Å². The highest BCUT2D eigenvalue weighted by Gasteiger charge is 2.48. The first-order valence-electron chi connectivity index (χ1n) is 19.2.